The van der Waals surface area contributed by atoms with Crippen LogP contribution in [0.25, 0.3) is 0 Å². The van der Waals surface area contributed by atoms with Gasteiger partial charge in [-0.25, -0.2) is 10.2 Å². The van der Waals surface area contributed by atoms with Crippen LogP contribution in [-0.2, 0) is 0 Å². The average molecular weight is 287 g/mol. The van der Waals surface area contributed by atoms with Gasteiger partial charge in [-0.15, -0.1) is 12.6 Å². The molecular weight excluding hydrogens is 274 g/mol. The van der Waals surface area contributed by atoms with Crippen LogP contribution in [-0.4, -0.2) is 12.2 Å². The first-order chi connectivity index (χ1) is 9.65. The van der Waals surface area contributed by atoms with Gasteiger partial charge in [0.15, 0.2) is 0 Å². The minimum absolute atomic E-state index is 0.687. The molecule has 0 bridgehead atoms. The normalized spacial score (nSPS) is 10.4. The van der Waals surface area contributed by atoms with Crippen LogP contribution in [0.15, 0.2) is 58.5 Å². The predicted molar refractivity (Wildman–Crippen MR) is 80.5 cm³/mol. The van der Waals surface area contributed by atoms with Crippen LogP contribution in [0.1, 0.15) is 5.56 Å². The van der Waals surface area contributed by atoms with Gasteiger partial charge in [0.05, 0.1) is 6.21 Å². The first-order valence-electron chi connectivity index (χ1n) is 5.79. The molecule has 0 aromatic heterocycles. The quantitative estimate of drug-likeness (QED) is 0.459. The molecule has 0 saturated carbocycles. The van der Waals surface area contributed by atoms with E-state index in [0.29, 0.717) is 11.5 Å². The van der Waals surface area contributed by atoms with Gasteiger partial charge < -0.3 is 10.5 Å². The Morgan fingerprint density at radius 2 is 1.90 bits per heavy atom. The van der Waals surface area contributed by atoms with Gasteiger partial charge in [-0.1, -0.05) is 12.1 Å². The summed E-state index contributed by atoms with van der Waals surface area (Å²) in [7, 11) is 0. The number of amides is 2. The highest BCUT2D eigenvalue weighted by molar-refractivity contribution is 7.80. The summed E-state index contributed by atoms with van der Waals surface area (Å²) in [5.74, 6) is 1.37. The average Bonchev–Trinajstić information content (AvgIpc) is 2.43. The summed E-state index contributed by atoms with van der Waals surface area (Å²) < 4.78 is 5.70. The van der Waals surface area contributed by atoms with Gasteiger partial charge in [-0.3, -0.25) is 0 Å². The highest BCUT2D eigenvalue weighted by Gasteiger charge is 2.00. The number of urea groups is 1. The number of nitrogens with one attached hydrogen (secondary N) is 1. The van der Waals surface area contributed by atoms with Gasteiger partial charge in [0, 0.05) is 4.90 Å². The molecule has 0 atom stereocenters. The van der Waals surface area contributed by atoms with Crippen LogP contribution < -0.4 is 15.9 Å². The van der Waals surface area contributed by atoms with Crippen molar-refractivity contribution in [3.05, 3.63) is 54.1 Å². The van der Waals surface area contributed by atoms with E-state index in [9.17, 15) is 4.79 Å². The maximum absolute atomic E-state index is 10.4. The molecule has 3 N–H and O–H groups in total. The van der Waals surface area contributed by atoms with Crippen LogP contribution in [0.2, 0.25) is 0 Å². The lowest BCUT2D eigenvalue weighted by Crippen LogP contribution is -2.24. The molecule has 2 aromatic rings. The highest BCUT2D eigenvalue weighted by Crippen LogP contribution is 2.27. The Balaban J connectivity index is 2.03. The number of rotatable bonds is 4. The van der Waals surface area contributed by atoms with E-state index in [-0.39, 0.29) is 0 Å². The molecule has 0 radical (unpaired) electrons. The number of hydrogen-bond acceptors (Lipinski definition) is 4. The zero-order valence-electron chi connectivity index (χ0n) is 10.5. The van der Waals surface area contributed by atoms with Crippen molar-refractivity contribution in [2.24, 2.45) is 10.8 Å². The van der Waals surface area contributed by atoms with E-state index in [1.807, 2.05) is 36.4 Å². The number of hydrazone groups is 1. The Morgan fingerprint density at radius 3 is 2.55 bits per heavy atom. The fraction of sp³-hybridized carbons (Fsp3) is 0. The van der Waals surface area contributed by atoms with Crippen LogP contribution in [0.4, 0.5) is 4.79 Å². The Labute approximate surface area is 121 Å². The van der Waals surface area contributed by atoms with Crippen molar-refractivity contribution in [2.45, 2.75) is 4.90 Å². The first kappa shape index (κ1) is 14.0. The molecule has 0 aliphatic carbocycles. The van der Waals surface area contributed by atoms with Gasteiger partial charge in [-0.05, 0) is 42.0 Å². The standard InChI is InChI=1S/C14H13N3O2S/c15-14(18)17-16-9-10-5-7-11(8-6-10)19-12-3-1-2-4-13(12)20/h1-9,20H,(H3,15,17,18). The Kier molecular flexibility index (Phi) is 4.62. The fourth-order valence-corrected chi connectivity index (χ4v) is 1.67. The maximum Gasteiger partial charge on any atom is 0.332 e. The van der Waals surface area contributed by atoms with Gasteiger partial charge in [0.2, 0.25) is 0 Å². The third-order valence-corrected chi connectivity index (χ3v) is 2.73. The van der Waals surface area contributed by atoms with Crippen LogP contribution in [0.3, 0.4) is 0 Å². The van der Waals surface area contributed by atoms with Gasteiger partial charge >= 0.3 is 6.03 Å². The molecule has 0 aliphatic rings. The maximum atomic E-state index is 10.4. The minimum atomic E-state index is -0.702. The van der Waals surface area contributed by atoms with Gasteiger partial charge in [-0.2, -0.15) is 5.10 Å². The van der Waals surface area contributed by atoms with E-state index >= 15 is 0 Å². The Hall–Kier alpha value is -2.47. The zero-order valence-corrected chi connectivity index (χ0v) is 11.4. The van der Waals surface area contributed by atoms with Gasteiger partial charge in [0.25, 0.3) is 0 Å². The van der Waals surface area contributed by atoms with Crippen molar-refractivity contribution in [1.29, 1.82) is 0 Å². The third-order valence-electron chi connectivity index (χ3n) is 2.36. The van der Waals surface area contributed by atoms with E-state index < -0.39 is 6.03 Å². The van der Waals surface area contributed by atoms with Crippen LogP contribution >= 0.6 is 12.6 Å². The number of carbonyl (C=O) groups is 1. The summed E-state index contributed by atoms with van der Waals surface area (Å²) in [5.41, 5.74) is 7.82. The van der Waals surface area contributed by atoms with Crippen molar-refractivity contribution in [1.82, 2.24) is 5.43 Å². The number of nitrogens with zero attached hydrogens (tertiary/aromatic N) is 1. The molecule has 5 nitrogen and oxygen atoms in total. The Morgan fingerprint density at radius 1 is 1.20 bits per heavy atom. The molecule has 2 aromatic carbocycles. The molecule has 0 unspecified atom stereocenters. The van der Waals surface area contributed by atoms with Crippen molar-refractivity contribution in [3.8, 4) is 11.5 Å². The molecule has 20 heavy (non-hydrogen) atoms. The number of ether oxygens (including phenoxy) is 1. The molecular formula is C14H13N3O2S. The zero-order chi connectivity index (χ0) is 14.4. The molecule has 0 fully saturated rings. The van der Waals surface area contributed by atoms with E-state index in [1.54, 1.807) is 12.1 Å². The molecule has 0 saturated heterocycles. The fourth-order valence-electron chi connectivity index (χ4n) is 1.46. The number of para-hydroxylation sites is 1. The molecule has 0 spiro atoms. The number of thiol groups is 1. The second kappa shape index (κ2) is 6.63. The van der Waals surface area contributed by atoms with Gasteiger partial charge in [0.1, 0.15) is 11.5 Å². The topological polar surface area (TPSA) is 76.7 Å². The molecule has 0 heterocycles. The van der Waals surface area contributed by atoms with E-state index in [4.69, 9.17) is 10.5 Å². The summed E-state index contributed by atoms with van der Waals surface area (Å²) in [5, 5.41) is 3.67. The van der Waals surface area contributed by atoms with E-state index in [1.165, 1.54) is 6.21 Å². The summed E-state index contributed by atoms with van der Waals surface area (Å²) in [6, 6.07) is 14.0. The number of carbonyl (C=O) groups excluding carboxylic acids is 1. The molecule has 2 rings (SSSR count). The summed E-state index contributed by atoms with van der Waals surface area (Å²) in [6.07, 6.45) is 1.49. The number of benzene rings is 2. The van der Waals surface area contributed by atoms with Crippen molar-refractivity contribution in [2.75, 3.05) is 0 Å². The lowest BCUT2D eigenvalue weighted by atomic mass is 10.2. The molecule has 102 valence electrons. The molecule has 6 heteroatoms. The van der Waals surface area contributed by atoms with Crippen molar-refractivity contribution in [3.63, 3.8) is 0 Å². The SMILES string of the molecule is NC(=O)NN=Cc1ccc(Oc2ccccc2S)cc1. The number of nitrogens with two attached hydrogens (primary N) is 1. The van der Waals surface area contributed by atoms with E-state index in [2.05, 4.69) is 23.2 Å². The van der Waals surface area contributed by atoms with Crippen molar-refractivity contribution >= 4 is 24.9 Å². The predicted octanol–water partition coefficient (Wildman–Crippen LogP) is 2.77. The molecule has 2 amide bonds. The van der Waals surface area contributed by atoms with Crippen molar-refractivity contribution < 1.29 is 9.53 Å². The smallest absolute Gasteiger partial charge is 0.332 e. The second-order valence-corrected chi connectivity index (χ2v) is 4.35. The number of hydrogen-bond donors (Lipinski definition) is 3. The van der Waals surface area contributed by atoms with Crippen LogP contribution in [0.5, 0.6) is 11.5 Å². The second-order valence-electron chi connectivity index (χ2n) is 3.87. The lowest BCUT2D eigenvalue weighted by molar-refractivity contribution is 0.249. The lowest BCUT2D eigenvalue weighted by Gasteiger charge is -2.07. The summed E-state index contributed by atoms with van der Waals surface area (Å²) >= 11 is 4.32. The summed E-state index contributed by atoms with van der Waals surface area (Å²) in [4.78, 5) is 11.2. The van der Waals surface area contributed by atoms with E-state index in [0.717, 1.165) is 10.5 Å². The first-order valence-corrected chi connectivity index (χ1v) is 6.24. The number of primary amides is 1. The monoisotopic (exact) mass is 287 g/mol. The minimum Gasteiger partial charge on any atom is -0.456 e. The van der Waals surface area contributed by atoms with Crippen LogP contribution in [0, 0.1) is 0 Å². The summed E-state index contributed by atoms with van der Waals surface area (Å²) in [6.45, 7) is 0. The third kappa shape index (κ3) is 4.03. The Bertz CT molecular complexity index is 627. The highest BCUT2D eigenvalue weighted by atomic mass is 32.1. The largest absolute Gasteiger partial charge is 0.456 e. The molecule has 0 aliphatic heterocycles.